The van der Waals surface area contributed by atoms with Gasteiger partial charge in [0.2, 0.25) is 11.8 Å². The van der Waals surface area contributed by atoms with E-state index in [4.69, 9.17) is 9.15 Å². The Balaban J connectivity index is 1.51. The number of ether oxygens (including phenoxy) is 1. The molecule has 4 heterocycles. The molecule has 120 valence electrons. The fraction of sp³-hybridized carbons (Fsp3) is 0.471. The Labute approximate surface area is 134 Å². The zero-order valence-corrected chi connectivity index (χ0v) is 12.9. The van der Waals surface area contributed by atoms with Crippen molar-refractivity contribution in [2.24, 2.45) is 5.92 Å². The lowest BCUT2D eigenvalue weighted by molar-refractivity contribution is -0.140. The summed E-state index contributed by atoms with van der Waals surface area (Å²) in [6.45, 7) is 2.52. The van der Waals surface area contributed by atoms with Gasteiger partial charge in [0, 0.05) is 32.0 Å². The first kappa shape index (κ1) is 14.4. The normalized spacial score (nSPS) is 21.0. The van der Waals surface area contributed by atoms with Crippen LogP contribution in [0.5, 0.6) is 0 Å². The van der Waals surface area contributed by atoms with Crippen LogP contribution in [0.25, 0.3) is 11.5 Å². The van der Waals surface area contributed by atoms with Crippen LogP contribution >= 0.6 is 0 Å². The molecule has 0 radical (unpaired) electrons. The first-order chi connectivity index (χ1) is 11.3. The fourth-order valence-electron chi connectivity index (χ4n) is 3.19. The number of aromatic nitrogens is 2. The molecule has 1 atom stereocenters. The number of nitrogens with zero attached hydrogens (tertiary/aromatic N) is 3. The van der Waals surface area contributed by atoms with Crippen molar-refractivity contribution in [3.8, 4) is 11.5 Å². The van der Waals surface area contributed by atoms with Gasteiger partial charge >= 0.3 is 0 Å². The summed E-state index contributed by atoms with van der Waals surface area (Å²) in [5.41, 5.74) is 1.72. The molecular formula is C17H19N3O3. The molecule has 1 amide bonds. The first-order valence-corrected chi connectivity index (χ1v) is 8.07. The lowest BCUT2D eigenvalue weighted by Crippen LogP contribution is -2.42. The lowest BCUT2D eigenvalue weighted by atomic mass is 9.99. The van der Waals surface area contributed by atoms with Crippen LogP contribution in [-0.2, 0) is 22.5 Å². The maximum absolute atomic E-state index is 12.6. The standard InChI is InChI=1S/C17H19N3O3/c21-17(13-4-2-8-22-11-13)20-7-5-15-14(10-20)19-16(23-15)12-3-1-6-18-9-12/h1,3,6,9,13H,2,4-5,7-8,10-11H2. The molecule has 6 nitrogen and oxygen atoms in total. The van der Waals surface area contributed by atoms with Crippen molar-refractivity contribution in [1.82, 2.24) is 14.9 Å². The van der Waals surface area contributed by atoms with E-state index in [-0.39, 0.29) is 11.8 Å². The Morgan fingerprint density at radius 2 is 2.35 bits per heavy atom. The quantitative estimate of drug-likeness (QED) is 0.849. The highest BCUT2D eigenvalue weighted by molar-refractivity contribution is 5.79. The predicted molar refractivity (Wildman–Crippen MR) is 82.4 cm³/mol. The van der Waals surface area contributed by atoms with Gasteiger partial charge in [0.05, 0.1) is 24.6 Å². The monoisotopic (exact) mass is 313 g/mol. The highest BCUT2D eigenvalue weighted by Gasteiger charge is 2.31. The average molecular weight is 313 g/mol. The molecule has 0 N–H and O–H groups in total. The lowest BCUT2D eigenvalue weighted by Gasteiger charge is -2.30. The predicted octanol–water partition coefficient (Wildman–Crippen LogP) is 2.05. The topological polar surface area (TPSA) is 68.5 Å². The highest BCUT2D eigenvalue weighted by Crippen LogP contribution is 2.27. The molecule has 2 aromatic heterocycles. The molecule has 2 aliphatic heterocycles. The van der Waals surface area contributed by atoms with E-state index in [1.807, 2.05) is 17.0 Å². The maximum atomic E-state index is 12.6. The van der Waals surface area contributed by atoms with E-state index in [0.717, 1.165) is 36.5 Å². The van der Waals surface area contributed by atoms with E-state index in [0.29, 0.717) is 32.0 Å². The minimum absolute atomic E-state index is 0.00463. The Hall–Kier alpha value is -2.21. The van der Waals surface area contributed by atoms with Crippen LogP contribution in [0.3, 0.4) is 0 Å². The largest absolute Gasteiger partial charge is 0.441 e. The fourth-order valence-corrected chi connectivity index (χ4v) is 3.19. The van der Waals surface area contributed by atoms with Gasteiger partial charge in [-0.2, -0.15) is 0 Å². The average Bonchev–Trinajstić information content (AvgIpc) is 3.06. The van der Waals surface area contributed by atoms with Crippen LogP contribution in [0.2, 0.25) is 0 Å². The summed E-state index contributed by atoms with van der Waals surface area (Å²) in [4.78, 5) is 23.2. The van der Waals surface area contributed by atoms with Gasteiger partial charge in [0.15, 0.2) is 0 Å². The molecule has 0 aromatic carbocycles. The van der Waals surface area contributed by atoms with Crippen LogP contribution in [0.15, 0.2) is 28.9 Å². The minimum atomic E-state index is -0.00463. The van der Waals surface area contributed by atoms with Crippen LogP contribution in [0.1, 0.15) is 24.3 Å². The van der Waals surface area contributed by atoms with Gasteiger partial charge in [-0.15, -0.1) is 0 Å². The zero-order valence-electron chi connectivity index (χ0n) is 12.9. The number of hydrogen-bond acceptors (Lipinski definition) is 5. The molecule has 0 bridgehead atoms. The molecule has 1 saturated heterocycles. The third kappa shape index (κ3) is 2.86. The number of oxazole rings is 1. The summed E-state index contributed by atoms with van der Waals surface area (Å²) < 4.78 is 11.3. The maximum Gasteiger partial charge on any atom is 0.228 e. The van der Waals surface area contributed by atoms with Gasteiger partial charge in [-0.3, -0.25) is 9.78 Å². The highest BCUT2D eigenvalue weighted by atomic mass is 16.5. The molecule has 0 saturated carbocycles. The number of fused-ring (bicyclic) bond motifs is 1. The summed E-state index contributed by atoms with van der Waals surface area (Å²) in [6.07, 6.45) is 6.05. The number of carbonyl (C=O) groups is 1. The number of pyridine rings is 1. The molecule has 23 heavy (non-hydrogen) atoms. The molecule has 2 aromatic rings. The molecule has 4 rings (SSSR count). The van der Waals surface area contributed by atoms with Gasteiger partial charge in [-0.25, -0.2) is 4.98 Å². The molecule has 0 aliphatic carbocycles. The number of carbonyl (C=O) groups excluding carboxylic acids is 1. The second kappa shape index (κ2) is 6.12. The Bertz CT molecular complexity index is 692. The Kier molecular flexibility index (Phi) is 3.83. The molecule has 2 aliphatic rings. The molecule has 1 fully saturated rings. The second-order valence-corrected chi connectivity index (χ2v) is 6.05. The van der Waals surface area contributed by atoms with Gasteiger partial charge in [0.1, 0.15) is 11.5 Å². The van der Waals surface area contributed by atoms with E-state index >= 15 is 0 Å². The summed E-state index contributed by atoms with van der Waals surface area (Å²) >= 11 is 0. The summed E-state index contributed by atoms with van der Waals surface area (Å²) in [7, 11) is 0. The van der Waals surface area contributed by atoms with Crippen molar-refractivity contribution in [2.45, 2.75) is 25.8 Å². The van der Waals surface area contributed by atoms with Gasteiger partial charge in [-0.1, -0.05) is 0 Å². The van der Waals surface area contributed by atoms with Gasteiger partial charge in [0.25, 0.3) is 0 Å². The van der Waals surface area contributed by atoms with E-state index < -0.39 is 0 Å². The minimum Gasteiger partial charge on any atom is -0.441 e. The van der Waals surface area contributed by atoms with Crippen LogP contribution < -0.4 is 0 Å². The second-order valence-electron chi connectivity index (χ2n) is 6.05. The van der Waals surface area contributed by atoms with E-state index in [9.17, 15) is 4.79 Å². The van der Waals surface area contributed by atoms with Crippen molar-refractivity contribution in [3.05, 3.63) is 36.0 Å². The molecular weight excluding hydrogens is 294 g/mol. The van der Waals surface area contributed by atoms with Crippen molar-refractivity contribution in [3.63, 3.8) is 0 Å². The number of hydrogen-bond donors (Lipinski definition) is 0. The SMILES string of the molecule is O=C(C1CCCOC1)N1CCc2oc(-c3cccnc3)nc2C1. The van der Waals surface area contributed by atoms with Crippen molar-refractivity contribution >= 4 is 5.91 Å². The summed E-state index contributed by atoms with van der Waals surface area (Å²) in [6, 6.07) is 3.78. The zero-order chi connectivity index (χ0) is 15.6. The number of amides is 1. The van der Waals surface area contributed by atoms with E-state index in [1.165, 1.54) is 0 Å². The summed E-state index contributed by atoms with van der Waals surface area (Å²) in [5.74, 6) is 1.64. The smallest absolute Gasteiger partial charge is 0.228 e. The molecule has 6 heteroatoms. The van der Waals surface area contributed by atoms with Crippen molar-refractivity contribution in [1.29, 1.82) is 0 Å². The van der Waals surface area contributed by atoms with Gasteiger partial charge < -0.3 is 14.1 Å². The van der Waals surface area contributed by atoms with E-state index in [1.54, 1.807) is 12.4 Å². The molecule has 1 unspecified atom stereocenters. The third-order valence-electron chi connectivity index (χ3n) is 4.46. The van der Waals surface area contributed by atoms with Crippen molar-refractivity contribution < 1.29 is 13.9 Å². The van der Waals surface area contributed by atoms with Crippen LogP contribution in [0, 0.1) is 5.92 Å². The third-order valence-corrected chi connectivity index (χ3v) is 4.46. The Morgan fingerprint density at radius 3 is 3.13 bits per heavy atom. The first-order valence-electron chi connectivity index (χ1n) is 8.07. The van der Waals surface area contributed by atoms with Crippen LogP contribution in [0.4, 0.5) is 0 Å². The molecule has 0 spiro atoms. The van der Waals surface area contributed by atoms with E-state index in [2.05, 4.69) is 9.97 Å². The number of rotatable bonds is 2. The Morgan fingerprint density at radius 1 is 1.39 bits per heavy atom. The van der Waals surface area contributed by atoms with Crippen LogP contribution in [-0.4, -0.2) is 40.5 Å². The van der Waals surface area contributed by atoms with Gasteiger partial charge in [-0.05, 0) is 25.0 Å². The summed E-state index contributed by atoms with van der Waals surface area (Å²) in [5, 5.41) is 0. The van der Waals surface area contributed by atoms with Crippen molar-refractivity contribution in [2.75, 3.05) is 19.8 Å².